The van der Waals surface area contributed by atoms with Crippen molar-refractivity contribution in [2.45, 2.75) is 20.3 Å². The summed E-state index contributed by atoms with van der Waals surface area (Å²) in [5.74, 6) is 0.924. The van der Waals surface area contributed by atoms with E-state index in [1.807, 2.05) is 56.3 Å². The molecule has 1 aromatic heterocycles. The van der Waals surface area contributed by atoms with Crippen molar-refractivity contribution in [3.63, 3.8) is 0 Å². The number of ether oxygens (including phenoxy) is 1. The van der Waals surface area contributed by atoms with Crippen molar-refractivity contribution in [1.29, 1.82) is 0 Å². The molecule has 0 saturated heterocycles. The van der Waals surface area contributed by atoms with Gasteiger partial charge in [-0.15, -0.1) is 0 Å². The fourth-order valence-electron chi connectivity index (χ4n) is 2.38. The van der Waals surface area contributed by atoms with Gasteiger partial charge < -0.3 is 14.5 Å². The van der Waals surface area contributed by atoms with Crippen LogP contribution in [0.1, 0.15) is 18.9 Å². The van der Waals surface area contributed by atoms with E-state index in [0.717, 1.165) is 28.6 Å². The van der Waals surface area contributed by atoms with Gasteiger partial charge in [0.05, 0.1) is 5.56 Å². The Balaban J connectivity index is 1.83. The van der Waals surface area contributed by atoms with Crippen molar-refractivity contribution in [2.24, 2.45) is 0 Å². The molecular weight excluding hydrogens is 304 g/mol. The van der Waals surface area contributed by atoms with E-state index < -0.39 is 0 Å². The van der Waals surface area contributed by atoms with Crippen molar-refractivity contribution in [3.05, 3.63) is 48.0 Å². The third-order valence-electron chi connectivity index (χ3n) is 3.59. The van der Waals surface area contributed by atoms with Crippen molar-refractivity contribution < 1.29 is 13.9 Å². The number of nitrogens with zero attached hydrogens (tertiary/aromatic N) is 1. The van der Waals surface area contributed by atoms with Gasteiger partial charge in [0.2, 0.25) is 5.89 Å². The lowest BCUT2D eigenvalue weighted by molar-refractivity contribution is -0.123. The fraction of sp³-hybridized carbons (Fsp3) is 0.263. The van der Waals surface area contributed by atoms with Crippen molar-refractivity contribution in [1.82, 2.24) is 10.3 Å². The molecular formula is C19H20N2O3. The third-order valence-corrected chi connectivity index (χ3v) is 3.59. The third kappa shape index (κ3) is 3.56. The van der Waals surface area contributed by atoms with E-state index in [-0.39, 0.29) is 12.5 Å². The molecule has 1 N–H and O–H groups in total. The molecule has 3 rings (SSSR count). The van der Waals surface area contributed by atoms with Crippen LogP contribution in [-0.2, 0) is 4.79 Å². The molecule has 3 aromatic rings. The summed E-state index contributed by atoms with van der Waals surface area (Å²) < 4.78 is 11.5. The van der Waals surface area contributed by atoms with Crippen LogP contribution in [0.3, 0.4) is 0 Å². The first-order valence-electron chi connectivity index (χ1n) is 8.03. The molecule has 0 aliphatic carbocycles. The SMILES string of the molecule is CCCNC(=O)COc1ccccc1-c1nc2cc(C)ccc2o1. The van der Waals surface area contributed by atoms with E-state index in [2.05, 4.69) is 10.3 Å². The highest BCUT2D eigenvalue weighted by Gasteiger charge is 2.14. The zero-order valence-electron chi connectivity index (χ0n) is 13.8. The lowest BCUT2D eigenvalue weighted by Gasteiger charge is -2.09. The Labute approximate surface area is 140 Å². The average molecular weight is 324 g/mol. The number of carbonyl (C=O) groups excluding carboxylic acids is 1. The molecule has 0 aliphatic rings. The largest absolute Gasteiger partial charge is 0.483 e. The second kappa shape index (κ2) is 7.17. The first-order valence-corrected chi connectivity index (χ1v) is 8.03. The van der Waals surface area contributed by atoms with Crippen LogP contribution in [0.5, 0.6) is 5.75 Å². The molecule has 1 amide bonds. The normalized spacial score (nSPS) is 10.8. The van der Waals surface area contributed by atoms with Gasteiger partial charge >= 0.3 is 0 Å². The minimum atomic E-state index is -0.139. The van der Waals surface area contributed by atoms with Crippen LogP contribution >= 0.6 is 0 Å². The van der Waals surface area contributed by atoms with Crippen molar-refractivity contribution in [2.75, 3.05) is 13.2 Å². The van der Waals surface area contributed by atoms with Crippen LogP contribution in [0.4, 0.5) is 0 Å². The summed E-state index contributed by atoms with van der Waals surface area (Å²) in [6, 6.07) is 13.3. The van der Waals surface area contributed by atoms with Gasteiger partial charge in [-0.25, -0.2) is 4.98 Å². The number of hydrogen-bond acceptors (Lipinski definition) is 4. The molecule has 5 heteroatoms. The number of fused-ring (bicyclic) bond motifs is 1. The standard InChI is InChI=1S/C19H20N2O3/c1-3-10-20-18(22)12-23-16-7-5-4-6-14(16)19-21-15-11-13(2)8-9-17(15)24-19/h4-9,11H,3,10,12H2,1-2H3,(H,20,22). The second-order valence-corrected chi connectivity index (χ2v) is 5.62. The van der Waals surface area contributed by atoms with Gasteiger partial charge in [0, 0.05) is 6.54 Å². The summed E-state index contributed by atoms with van der Waals surface area (Å²) in [4.78, 5) is 16.3. The maximum Gasteiger partial charge on any atom is 0.257 e. The van der Waals surface area contributed by atoms with Gasteiger partial charge in [-0.3, -0.25) is 4.79 Å². The number of amides is 1. The zero-order valence-corrected chi connectivity index (χ0v) is 13.8. The predicted molar refractivity (Wildman–Crippen MR) is 93.0 cm³/mol. The summed E-state index contributed by atoms with van der Waals surface area (Å²) in [6.45, 7) is 4.63. The second-order valence-electron chi connectivity index (χ2n) is 5.62. The highest BCUT2D eigenvalue weighted by Crippen LogP contribution is 2.31. The van der Waals surface area contributed by atoms with Crippen LogP contribution in [0.25, 0.3) is 22.6 Å². The van der Waals surface area contributed by atoms with E-state index in [1.165, 1.54) is 0 Å². The number of aromatic nitrogens is 1. The number of para-hydroxylation sites is 1. The van der Waals surface area contributed by atoms with Crippen LogP contribution in [0.15, 0.2) is 46.9 Å². The number of nitrogens with one attached hydrogen (secondary N) is 1. The van der Waals surface area contributed by atoms with Gasteiger partial charge in [-0.05, 0) is 43.2 Å². The molecule has 0 atom stereocenters. The fourth-order valence-corrected chi connectivity index (χ4v) is 2.38. The molecule has 0 radical (unpaired) electrons. The first-order chi connectivity index (χ1) is 11.7. The first kappa shape index (κ1) is 16.1. The Morgan fingerprint density at radius 2 is 2.08 bits per heavy atom. The monoisotopic (exact) mass is 324 g/mol. The van der Waals surface area contributed by atoms with E-state index in [1.54, 1.807) is 0 Å². The van der Waals surface area contributed by atoms with Gasteiger partial charge in [-0.1, -0.05) is 25.1 Å². The molecule has 0 aliphatic heterocycles. The molecule has 0 saturated carbocycles. The maximum atomic E-state index is 11.7. The van der Waals surface area contributed by atoms with Crippen LogP contribution in [-0.4, -0.2) is 24.0 Å². The van der Waals surface area contributed by atoms with Gasteiger partial charge in [-0.2, -0.15) is 0 Å². The lowest BCUT2D eigenvalue weighted by atomic mass is 10.2. The Kier molecular flexibility index (Phi) is 4.79. The number of benzene rings is 2. The summed E-state index contributed by atoms with van der Waals surface area (Å²) in [6.07, 6.45) is 0.894. The molecule has 1 heterocycles. The van der Waals surface area contributed by atoms with Gasteiger partial charge in [0.15, 0.2) is 12.2 Å². The van der Waals surface area contributed by atoms with Crippen LogP contribution in [0, 0.1) is 6.92 Å². The Bertz CT molecular complexity index is 855. The van der Waals surface area contributed by atoms with Crippen molar-refractivity contribution in [3.8, 4) is 17.2 Å². The van der Waals surface area contributed by atoms with E-state index in [9.17, 15) is 4.79 Å². The smallest absolute Gasteiger partial charge is 0.257 e. The van der Waals surface area contributed by atoms with E-state index in [4.69, 9.17) is 9.15 Å². The number of hydrogen-bond donors (Lipinski definition) is 1. The summed E-state index contributed by atoms with van der Waals surface area (Å²) in [5, 5.41) is 2.79. The molecule has 0 bridgehead atoms. The molecule has 0 fully saturated rings. The topological polar surface area (TPSA) is 64.4 Å². The summed E-state index contributed by atoms with van der Waals surface area (Å²) in [7, 11) is 0. The molecule has 5 nitrogen and oxygen atoms in total. The van der Waals surface area contributed by atoms with Gasteiger partial charge in [0.25, 0.3) is 5.91 Å². The highest BCUT2D eigenvalue weighted by atomic mass is 16.5. The van der Waals surface area contributed by atoms with Crippen LogP contribution in [0.2, 0.25) is 0 Å². The summed E-state index contributed by atoms with van der Waals surface area (Å²) >= 11 is 0. The molecule has 2 aromatic carbocycles. The van der Waals surface area contributed by atoms with Crippen molar-refractivity contribution >= 4 is 17.0 Å². The molecule has 0 unspecified atom stereocenters. The lowest BCUT2D eigenvalue weighted by Crippen LogP contribution is -2.29. The average Bonchev–Trinajstić information content (AvgIpc) is 3.01. The van der Waals surface area contributed by atoms with Crippen LogP contribution < -0.4 is 10.1 Å². The number of aryl methyl sites for hydroxylation is 1. The van der Waals surface area contributed by atoms with E-state index in [0.29, 0.717) is 18.2 Å². The predicted octanol–water partition coefficient (Wildman–Crippen LogP) is 3.71. The van der Waals surface area contributed by atoms with Gasteiger partial charge in [0.1, 0.15) is 11.3 Å². The highest BCUT2D eigenvalue weighted by molar-refractivity contribution is 5.79. The maximum absolute atomic E-state index is 11.7. The Hall–Kier alpha value is -2.82. The summed E-state index contributed by atoms with van der Waals surface area (Å²) in [5.41, 5.74) is 3.39. The number of carbonyl (C=O) groups is 1. The molecule has 0 spiro atoms. The number of rotatable bonds is 6. The minimum absolute atomic E-state index is 0.0314. The molecule has 124 valence electrons. The minimum Gasteiger partial charge on any atom is -0.483 e. The zero-order chi connectivity index (χ0) is 16.9. The molecule has 24 heavy (non-hydrogen) atoms. The Morgan fingerprint density at radius 3 is 2.92 bits per heavy atom. The quantitative estimate of drug-likeness (QED) is 0.751. The number of oxazole rings is 1. The van der Waals surface area contributed by atoms with E-state index >= 15 is 0 Å². The Morgan fingerprint density at radius 1 is 1.25 bits per heavy atom.